The maximum Gasteiger partial charge on any atom is 0.258 e. The molecule has 0 unspecified atom stereocenters. The Morgan fingerprint density at radius 2 is 1.96 bits per heavy atom. The molecule has 0 N–H and O–H groups in total. The molecule has 0 saturated heterocycles. The van der Waals surface area contributed by atoms with E-state index in [2.05, 4.69) is 4.98 Å². The molecule has 0 atom stereocenters. The number of aryl methyl sites for hydroxylation is 2. The molecule has 0 spiro atoms. The average molecular weight is 380 g/mol. The molecule has 1 aliphatic carbocycles. The van der Waals surface area contributed by atoms with Gasteiger partial charge >= 0.3 is 0 Å². The molecule has 0 aliphatic heterocycles. The Hall–Kier alpha value is -2.60. The highest BCUT2D eigenvalue weighted by atomic mass is 32.1. The average Bonchev–Trinajstić information content (AvgIpc) is 3.38. The molecule has 1 saturated carbocycles. The number of ketones is 2. The first-order valence-corrected chi connectivity index (χ1v) is 9.89. The van der Waals surface area contributed by atoms with Crippen LogP contribution in [-0.4, -0.2) is 21.0 Å². The fraction of sp³-hybridized carbons (Fsp3) is 0.333. The minimum absolute atomic E-state index is 0.0581. The van der Waals surface area contributed by atoms with Gasteiger partial charge in [-0.05, 0) is 49.8 Å². The normalized spacial score (nSPS) is 13.9. The molecule has 5 nitrogen and oxygen atoms in total. The van der Waals surface area contributed by atoms with Crippen LogP contribution in [-0.2, 0) is 6.42 Å². The molecular formula is C21H20N2O3S. The Morgan fingerprint density at radius 1 is 1.19 bits per heavy atom. The van der Waals surface area contributed by atoms with E-state index in [1.54, 1.807) is 6.92 Å². The highest BCUT2D eigenvalue weighted by molar-refractivity contribution is 7.19. The summed E-state index contributed by atoms with van der Waals surface area (Å²) in [7, 11) is 0. The number of carbonyl (C=O) groups is 2. The van der Waals surface area contributed by atoms with Gasteiger partial charge in [0.25, 0.3) is 5.56 Å². The van der Waals surface area contributed by atoms with Gasteiger partial charge in [-0.3, -0.25) is 18.8 Å². The summed E-state index contributed by atoms with van der Waals surface area (Å²) in [4.78, 5) is 42.6. The number of carbonyl (C=O) groups excluding carboxylic acids is 2. The summed E-state index contributed by atoms with van der Waals surface area (Å²) in [5, 5.41) is 0. The predicted molar refractivity (Wildman–Crippen MR) is 105 cm³/mol. The first kappa shape index (κ1) is 17.8. The fourth-order valence-corrected chi connectivity index (χ4v) is 4.33. The summed E-state index contributed by atoms with van der Waals surface area (Å²) in [5.74, 6) is 0.633. The third-order valence-corrected chi connectivity index (χ3v) is 6.32. The van der Waals surface area contributed by atoms with E-state index in [0.29, 0.717) is 33.4 Å². The Kier molecular flexibility index (Phi) is 4.52. The van der Waals surface area contributed by atoms with E-state index in [-0.39, 0.29) is 23.5 Å². The van der Waals surface area contributed by atoms with Crippen molar-refractivity contribution in [2.45, 2.75) is 39.5 Å². The number of hydrogen-bond donors (Lipinski definition) is 0. The van der Waals surface area contributed by atoms with Crippen LogP contribution in [0.5, 0.6) is 0 Å². The van der Waals surface area contributed by atoms with E-state index in [1.807, 2.05) is 25.1 Å². The van der Waals surface area contributed by atoms with Gasteiger partial charge in [-0.15, -0.1) is 0 Å². The van der Waals surface area contributed by atoms with Gasteiger partial charge in [-0.2, -0.15) is 0 Å². The van der Waals surface area contributed by atoms with Gasteiger partial charge in [0.15, 0.2) is 16.5 Å². The van der Waals surface area contributed by atoms with Crippen LogP contribution in [0.25, 0.3) is 4.96 Å². The van der Waals surface area contributed by atoms with Gasteiger partial charge in [-0.25, -0.2) is 4.98 Å². The maximum absolute atomic E-state index is 12.9. The lowest BCUT2D eigenvalue weighted by atomic mass is 9.96. The number of rotatable bonds is 6. The number of nitrogens with zero attached hydrogens (tertiary/aromatic N) is 2. The second-order valence-electron chi connectivity index (χ2n) is 7.23. The van der Waals surface area contributed by atoms with Crippen LogP contribution in [0.3, 0.4) is 0 Å². The lowest BCUT2D eigenvalue weighted by Gasteiger charge is -2.08. The molecule has 27 heavy (non-hydrogen) atoms. The number of fused-ring (bicyclic) bond motifs is 1. The molecule has 0 radical (unpaired) electrons. The van der Waals surface area contributed by atoms with Crippen LogP contribution >= 0.6 is 11.3 Å². The van der Waals surface area contributed by atoms with Crippen LogP contribution in [0, 0.1) is 19.8 Å². The van der Waals surface area contributed by atoms with Crippen LogP contribution in [0.15, 0.2) is 35.3 Å². The summed E-state index contributed by atoms with van der Waals surface area (Å²) < 4.78 is 1.47. The number of thiazole rings is 1. The van der Waals surface area contributed by atoms with E-state index >= 15 is 0 Å². The van der Waals surface area contributed by atoms with Crippen molar-refractivity contribution in [3.63, 3.8) is 0 Å². The molecule has 4 rings (SSSR count). The lowest BCUT2D eigenvalue weighted by Crippen LogP contribution is -2.14. The van der Waals surface area contributed by atoms with Gasteiger partial charge < -0.3 is 0 Å². The summed E-state index contributed by atoms with van der Waals surface area (Å²) in [5.41, 5.74) is 2.97. The zero-order valence-corrected chi connectivity index (χ0v) is 16.1. The minimum Gasteiger partial charge on any atom is -0.294 e. The highest BCUT2D eigenvalue weighted by Crippen LogP contribution is 2.33. The Balaban J connectivity index is 1.63. The van der Waals surface area contributed by atoms with Crippen LogP contribution in [0.1, 0.15) is 56.1 Å². The summed E-state index contributed by atoms with van der Waals surface area (Å²) in [6.45, 7) is 3.71. The first-order chi connectivity index (χ1) is 12.9. The number of hydrogen-bond acceptors (Lipinski definition) is 5. The summed E-state index contributed by atoms with van der Waals surface area (Å²) in [6.07, 6.45) is 4.54. The first-order valence-electron chi connectivity index (χ1n) is 9.07. The van der Waals surface area contributed by atoms with E-state index in [1.165, 1.54) is 28.0 Å². The number of aromatic nitrogens is 2. The minimum atomic E-state index is -0.184. The summed E-state index contributed by atoms with van der Waals surface area (Å²) >= 11 is 1.23. The molecular weight excluding hydrogens is 360 g/mol. The second-order valence-corrected chi connectivity index (χ2v) is 8.21. The Bertz CT molecular complexity index is 1120. The molecule has 1 aromatic carbocycles. The van der Waals surface area contributed by atoms with Crippen molar-refractivity contribution in [3.8, 4) is 0 Å². The second kappa shape index (κ2) is 6.85. The van der Waals surface area contributed by atoms with Crippen LogP contribution < -0.4 is 5.56 Å². The van der Waals surface area contributed by atoms with E-state index in [4.69, 9.17) is 0 Å². The molecule has 2 aromatic heterocycles. The van der Waals surface area contributed by atoms with Crippen molar-refractivity contribution in [1.29, 1.82) is 0 Å². The predicted octanol–water partition coefficient (Wildman–Crippen LogP) is 3.78. The van der Waals surface area contributed by atoms with E-state index in [0.717, 1.165) is 24.0 Å². The van der Waals surface area contributed by atoms with Gasteiger partial charge in [0.05, 0.1) is 4.88 Å². The highest BCUT2D eigenvalue weighted by Gasteiger charge is 2.25. The van der Waals surface area contributed by atoms with Crippen molar-refractivity contribution in [2.75, 3.05) is 0 Å². The van der Waals surface area contributed by atoms with E-state index < -0.39 is 0 Å². The molecule has 0 bridgehead atoms. The standard InChI is InChI=1S/C21H20N2O3S/c1-12-3-6-15(17(24)9-14-4-5-14)10-16(12)11-18(25)20-13(2)23-19(26)7-8-22-21(23)27-20/h3,6-8,10,14H,4-5,9,11H2,1-2H3. The molecule has 1 fully saturated rings. The summed E-state index contributed by atoms with van der Waals surface area (Å²) in [6, 6.07) is 7.00. The molecule has 1 aliphatic rings. The van der Waals surface area contributed by atoms with Crippen molar-refractivity contribution in [3.05, 3.63) is 68.1 Å². The van der Waals surface area contributed by atoms with Gasteiger partial charge in [-0.1, -0.05) is 23.5 Å². The zero-order chi connectivity index (χ0) is 19.1. The molecule has 0 amide bonds. The largest absolute Gasteiger partial charge is 0.294 e. The van der Waals surface area contributed by atoms with Gasteiger partial charge in [0.1, 0.15) is 0 Å². The van der Waals surface area contributed by atoms with Crippen molar-refractivity contribution in [1.82, 2.24) is 9.38 Å². The topological polar surface area (TPSA) is 68.5 Å². The maximum atomic E-state index is 12.9. The SMILES string of the molecule is Cc1ccc(C(=O)CC2CC2)cc1CC(=O)c1sc2nccc(=O)n2c1C. The molecule has 2 heterocycles. The third-order valence-electron chi connectivity index (χ3n) is 5.12. The molecule has 138 valence electrons. The van der Waals surface area contributed by atoms with Crippen molar-refractivity contribution < 1.29 is 9.59 Å². The monoisotopic (exact) mass is 380 g/mol. The quantitative estimate of drug-likeness (QED) is 0.610. The van der Waals surface area contributed by atoms with Crippen molar-refractivity contribution >= 4 is 27.9 Å². The van der Waals surface area contributed by atoms with Crippen LogP contribution in [0.4, 0.5) is 0 Å². The van der Waals surface area contributed by atoms with E-state index in [9.17, 15) is 14.4 Å². The number of Topliss-reactive ketones (excluding diaryl/α,β-unsaturated/α-hetero) is 2. The van der Waals surface area contributed by atoms with Gasteiger partial charge in [0.2, 0.25) is 0 Å². The zero-order valence-electron chi connectivity index (χ0n) is 15.3. The smallest absolute Gasteiger partial charge is 0.258 e. The molecule has 3 aromatic rings. The van der Waals surface area contributed by atoms with Crippen LogP contribution in [0.2, 0.25) is 0 Å². The Morgan fingerprint density at radius 3 is 2.67 bits per heavy atom. The number of benzene rings is 1. The van der Waals surface area contributed by atoms with Crippen molar-refractivity contribution in [2.24, 2.45) is 5.92 Å². The fourth-order valence-electron chi connectivity index (χ4n) is 3.29. The third kappa shape index (κ3) is 3.49. The van der Waals surface area contributed by atoms with Gasteiger partial charge in [0, 0.05) is 36.4 Å². The Labute approximate surface area is 160 Å². The lowest BCUT2D eigenvalue weighted by molar-refractivity contribution is 0.0970. The molecule has 6 heteroatoms.